The number of primary amides is 1. The lowest BCUT2D eigenvalue weighted by Gasteiger charge is -2.26. The largest absolute Gasteiger partial charge is 0.369 e. The normalized spacial score (nSPS) is 19.3. The fraction of sp³-hybridized carbons (Fsp3) is 0.250. The third-order valence-corrected chi connectivity index (χ3v) is 6.16. The van der Waals surface area contributed by atoms with Crippen molar-refractivity contribution in [1.82, 2.24) is 9.88 Å². The van der Waals surface area contributed by atoms with Crippen LogP contribution in [0.25, 0.3) is 11.1 Å². The van der Waals surface area contributed by atoms with Gasteiger partial charge in [-0.3, -0.25) is 14.7 Å². The molecule has 1 fully saturated rings. The molecule has 0 bridgehead atoms. The molecule has 2 N–H and O–H groups in total. The second-order valence-corrected chi connectivity index (χ2v) is 8.22. The van der Waals surface area contributed by atoms with Gasteiger partial charge in [0.05, 0.1) is 5.41 Å². The van der Waals surface area contributed by atoms with Crippen LogP contribution in [0.3, 0.4) is 0 Å². The molecule has 0 unspecified atom stereocenters. The van der Waals surface area contributed by atoms with Crippen LogP contribution in [0.15, 0.2) is 73.1 Å². The maximum Gasteiger partial charge on any atom is 0.225 e. The number of hydrogen-bond acceptors (Lipinski definition) is 3. The number of amides is 1. The second-order valence-electron chi connectivity index (χ2n) is 7.81. The first-order valence-electron chi connectivity index (χ1n) is 9.81. The molecule has 4 nitrogen and oxygen atoms in total. The molecule has 1 aliphatic heterocycles. The van der Waals surface area contributed by atoms with Crippen LogP contribution in [0.1, 0.15) is 17.5 Å². The van der Waals surface area contributed by atoms with E-state index in [1.54, 1.807) is 12.4 Å². The number of pyridine rings is 1. The number of nitrogens with two attached hydrogens (primary N) is 1. The van der Waals surface area contributed by atoms with Crippen molar-refractivity contribution in [2.24, 2.45) is 11.1 Å². The summed E-state index contributed by atoms with van der Waals surface area (Å²) >= 11 is 6.32. The van der Waals surface area contributed by atoms with E-state index in [2.05, 4.69) is 28.1 Å². The molecule has 0 radical (unpaired) electrons. The third-order valence-electron chi connectivity index (χ3n) is 5.79. The Morgan fingerprint density at radius 1 is 1.07 bits per heavy atom. The lowest BCUT2D eigenvalue weighted by atomic mass is 9.79. The molecular weight excluding hydrogens is 382 g/mol. The lowest BCUT2D eigenvalue weighted by molar-refractivity contribution is -0.127. The van der Waals surface area contributed by atoms with Gasteiger partial charge in [-0.2, -0.15) is 0 Å². The summed E-state index contributed by atoms with van der Waals surface area (Å²) in [5, 5.41) is 0.758. The van der Waals surface area contributed by atoms with Crippen LogP contribution in [-0.4, -0.2) is 28.9 Å². The Labute approximate surface area is 176 Å². The minimum Gasteiger partial charge on any atom is -0.369 e. The SMILES string of the molecule is NC(=O)[C@]1(Cc2cccc(-c3ccncc3)c2)CCN(Cc2ccccc2Cl)C1. The molecule has 0 spiro atoms. The molecule has 1 aromatic heterocycles. The minimum absolute atomic E-state index is 0.228. The molecule has 148 valence electrons. The fourth-order valence-corrected chi connectivity index (χ4v) is 4.38. The molecule has 5 heteroatoms. The van der Waals surface area contributed by atoms with Gasteiger partial charge >= 0.3 is 0 Å². The van der Waals surface area contributed by atoms with Gasteiger partial charge in [-0.1, -0.05) is 54.1 Å². The molecule has 3 aromatic rings. The number of nitrogens with zero attached hydrogens (tertiary/aromatic N) is 2. The van der Waals surface area contributed by atoms with Crippen molar-refractivity contribution in [2.75, 3.05) is 13.1 Å². The highest BCUT2D eigenvalue weighted by molar-refractivity contribution is 6.31. The number of carbonyl (C=O) groups is 1. The van der Waals surface area contributed by atoms with E-state index in [1.165, 1.54) is 0 Å². The average molecular weight is 406 g/mol. The molecule has 0 saturated carbocycles. The summed E-state index contributed by atoms with van der Waals surface area (Å²) in [7, 11) is 0. The van der Waals surface area contributed by atoms with Crippen molar-refractivity contribution in [3.8, 4) is 11.1 Å². The summed E-state index contributed by atoms with van der Waals surface area (Å²) in [6.07, 6.45) is 4.97. The smallest absolute Gasteiger partial charge is 0.225 e. The van der Waals surface area contributed by atoms with Crippen LogP contribution in [0.5, 0.6) is 0 Å². The lowest BCUT2D eigenvalue weighted by Crippen LogP contribution is -2.41. The zero-order valence-electron chi connectivity index (χ0n) is 16.2. The number of benzene rings is 2. The summed E-state index contributed by atoms with van der Waals surface area (Å²) in [6, 6.07) is 20.2. The Morgan fingerprint density at radius 3 is 2.62 bits per heavy atom. The van der Waals surface area contributed by atoms with Crippen LogP contribution in [0.2, 0.25) is 5.02 Å². The van der Waals surface area contributed by atoms with Gasteiger partial charge in [-0.15, -0.1) is 0 Å². The zero-order chi connectivity index (χ0) is 20.3. The molecule has 1 atom stereocenters. The van der Waals surface area contributed by atoms with Crippen molar-refractivity contribution in [3.05, 3.63) is 89.2 Å². The monoisotopic (exact) mass is 405 g/mol. The molecular formula is C24H24ClN3O. The predicted molar refractivity (Wildman–Crippen MR) is 116 cm³/mol. The van der Waals surface area contributed by atoms with Crippen LogP contribution >= 0.6 is 11.6 Å². The Morgan fingerprint density at radius 2 is 1.86 bits per heavy atom. The van der Waals surface area contributed by atoms with E-state index >= 15 is 0 Å². The van der Waals surface area contributed by atoms with Gasteiger partial charge in [0.25, 0.3) is 0 Å². The number of hydrogen-bond donors (Lipinski definition) is 1. The van der Waals surface area contributed by atoms with Gasteiger partial charge in [-0.25, -0.2) is 0 Å². The summed E-state index contributed by atoms with van der Waals surface area (Å²) in [4.78, 5) is 18.9. The van der Waals surface area contributed by atoms with Crippen LogP contribution < -0.4 is 5.73 Å². The van der Waals surface area contributed by atoms with Gasteiger partial charge in [0.1, 0.15) is 0 Å². The summed E-state index contributed by atoms with van der Waals surface area (Å²) in [5.74, 6) is -0.228. The number of aromatic nitrogens is 1. The molecule has 1 aliphatic rings. The van der Waals surface area contributed by atoms with Crippen molar-refractivity contribution in [1.29, 1.82) is 0 Å². The van der Waals surface area contributed by atoms with E-state index < -0.39 is 5.41 Å². The quantitative estimate of drug-likeness (QED) is 0.664. The van der Waals surface area contributed by atoms with Crippen molar-refractivity contribution >= 4 is 17.5 Å². The third kappa shape index (κ3) is 4.34. The number of carbonyl (C=O) groups excluding carboxylic acids is 1. The second kappa shape index (κ2) is 8.36. The number of halogens is 1. The molecule has 29 heavy (non-hydrogen) atoms. The highest BCUT2D eigenvalue weighted by atomic mass is 35.5. The molecule has 1 amide bonds. The van der Waals surface area contributed by atoms with Gasteiger partial charge in [-0.05, 0) is 59.8 Å². The Balaban J connectivity index is 1.53. The first-order chi connectivity index (χ1) is 14.1. The van der Waals surface area contributed by atoms with Crippen molar-refractivity contribution < 1.29 is 4.79 Å². The van der Waals surface area contributed by atoms with E-state index in [0.29, 0.717) is 13.0 Å². The minimum atomic E-state index is -0.557. The molecule has 0 aliphatic carbocycles. The molecule has 2 heterocycles. The van der Waals surface area contributed by atoms with Crippen LogP contribution in [0.4, 0.5) is 0 Å². The Kier molecular flexibility index (Phi) is 5.65. The van der Waals surface area contributed by atoms with Gasteiger partial charge in [0, 0.05) is 30.5 Å². The van der Waals surface area contributed by atoms with E-state index in [4.69, 9.17) is 17.3 Å². The zero-order valence-corrected chi connectivity index (χ0v) is 17.0. The van der Waals surface area contributed by atoms with Gasteiger partial charge < -0.3 is 5.73 Å². The molecule has 1 saturated heterocycles. The first-order valence-corrected chi connectivity index (χ1v) is 10.2. The summed E-state index contributed by atoms with van der Waals surface area (Å²) < 4.78 is 0. The van der Waals surface area contributed by atoms with Gasteiger partial charge in [0.2, 0.25) is 5.91 Å². The number of likely N-dealkylation sites (tertiary alicyclic amines) is 1. The van der Waals surface area contributed by atoms with E-state index in [-0.39, 0.29) is 5.91 Å². The predicted octanol–water partition coefficient (Wildman–Crippen LogP) is 4.32. The molecule has 2 aromatic carbocycles. The van der Waals surface area contributed by atoms with Crippen LogP contribution in [-0.2, 0) is 17.8 Å². The highest BCUT2D eigenvalue weighted by Crippen LogP contribution is 2.36. The van der Waals surface area contributed by atoms with E-state index in [9.17, 15) is 4.79 Å². The average Bonchev–Trinajstić information content (AvgIpc) is 3.14. The first kappa shape index (κ1) is 19.6. The van der Waals surface area contributed by atoms with E-state index in [1.807, 2.05) is 42.5 Å². The highest BCUT2D eigenvalue weighted by Gasteiger charge is 2.43. The van der Waals surface area contributed by atoms with Crippen LogP contribution in [0, 0.1) is 5.41 Å². The summed E-state index contributed by atoms with van der Waals surface area (Å²) in [5.41, 5.74) is 9.79. The maximum absolute atomic E-state index is 12.5. The standard InChI is InChI=1S/C24H24ClN3O/c25-22-7-2-1-5-21(22)16-28-13-10-24(17-28,23(26)29)15-18-4-3-6-20(14-18)19-8-11-27-12-9-19/h1-9,11-12,14H,10,13,15-17H2,(H2,26,29)/t24-/m0/s1. The van der Waals surface area contributed by atoms with Gasteiger partial charge in [0.15, 0.2) is 0 Å². The Hall–Kier alpha value is -2.69. The summed E-state index contributed by atoms with van der Waals surface area (Å²) in [6.45, 7) is 2.21. The van der Waals surface area contributed by atoms with E-state index in [0.717, 1.165) is 46.8 Å². The van der Waals surface area contributed by atoms with Crippen molar-refractivity contribution in [3.63, 3.8) is 0 Å². The maximum atomic E-state index is 12.5. The molecule has 4 rings (SSSR count). The number of rotatable bonds is 6. The van der Waals surface area contributed by atoms with Crippen molar-refractivity contribution in [2.45, 2.75) is 19.4 Å². The Bertz CT molecular complexity index is 1010. The topological polar surface area (TPSA) is 59.2 Å². The fourth-order valence-electron chi connectivity index (χ4n) is 4.19.